The Labute approximate surface area is 90.1 Å². The van der Waals surface area contributed by atoms with Gasteiger partial charge in [0.1, 0.15) is 0 Å². The van der Waals surface area contributed by atoms with Crippen LogP contribution in [0, 0.1) is 5.92 Å². The normalized spacial score (nSPS) is 19.8. The zero-order valence-corrected chi connectivity index (χ0v) is 9.87. The minimum atomic E-state index is -3.29. The van der Waals surface area contributed by atoms with E-state index in [1.807, 2.05) is 11.8 Å². The monoisotopic (exact) mass is 238 g/mol. The minimum Gasteiger partial charge on any atom is -0.315 e. The molecule has 0 aliphatic carbocycles. The first-order chi connectivity index (χ1) is 6.58. The lowest BCUT2D eigenvalue weighted by Gasteiger charge is -2.21. The quantitative estimate of drug-likeness (QED) is 0.662. The minimum absolute atomic E-state index is 0.0362. The highest BCUT2D eigenvalue weighted by atomic mass is 32.2. The molecule has 1 aliphatic heterocycles. The van der Waals surface area contributed by atoms with Crippen LogP contribution >= 0.6 is 11.8 Å². The van der Waals surface area contributed by atoms with Gasteiger partial charge in [-0.15, -0.1) is 0 Å². The van der Waals surface area contributed by atoms with E-state index in [0.29, 0.717) is 6.54 Å². The van der Waals surface area contributed by atoms with Gasteiger partial charge in [-0.25, -0.2) is 13.6 Å². The number of thioether (sulfide) groups is 1. The third kappa shape index (κ3) is 5.85. The Morgan fingerprint density at radius 2 is 2.00 bits per heavy atom. The van der Waals surface area contributed by atoms with Gasteiger partial charge in [0.2, 0.25) is 10.0 Å². The number of nitrogens with two attached hydrogens (primary N) is 1. The van der Waals surface area contributed by atoms with Crippen LogP contribution in [0.15, 0.2) is 0 Å². The maximum atomic E-state index is 10.6. The van der Waals surface area contributed by atoms with Crippen LogP contribution in [-0.4, -0.2) is 38.8 Å². The van der Waals surface area contributed by atoms with Crippen molar-refractivity contribution in [3.8, 4) is 0 Å². The van der Waals surface area contributed by atoms with Crippen molar-refractivity contribution < 1.29 is 8.42 Å². The van der Waals surface area contributed by atoms with E-state index in [9.17, 15) is 8.42 Å². The van der Waals surface area contributed by atoms with E-state index in [4.69, 9.17) is 5.14 Å². The van der Waals surface area contributed by atoms with Crippen molar-refractivity contribution >= 4 is 21.8 Å². The molecule has 1 fully saturated rings. The molecule has 84 valence electrons. The molecule has 0 aromatic heterocycles. The lowest BCUT2D eigenvalue weighted by molar-refractivity contribution is 0.454. The Bertz CT molecular complexity index is 248. The first-order valence-corrected chi connectivity index (χ1v) is 7.74. The van der Waals surface area contributed by atoms with Gasteiger partial charge < -0.3 is 5.32 Å². The lowest BCUT2D eigenvalue weighted by atomic mass is 10.0. The topological polar surface area (TPSA) is 72.2 Å². The van der Waals surface area contributed by atoms with Crippen LogP contribution in [0.4, 0.5) is 0 Å². The van der Waals surface area contributed by atoms with E-state index in [0.717, 1.165) is 12.5 Å². The van der Waals surface area contributed by atoms with Crippen LogP contribution in [-0.2, 0) is 10.0 Å². The fourth-order valence-electron chi connectivity index (χ4n) is 1.47. The maximum absolute atomic E-state index is 10.6. The largest absolute Gasteiger partial charge is 0.315 e. The predicted molar refractivity (Wildman–Crippen MR) is 60.9 cm³/mol. The Kier molecular flexibility index (Phi) is 5.22. The summed E-state index contributed by atoms with van der Waals surface area (Å²) in [6.45, 7) is 1.40. The Morgan fingerprint density at radius 1 is 1.36 bits per heavy atom. The molecule has 3 N–H and O–H groups in total. The van der Waals surface area contributed by atoms with E-state index in [-0.39, 0.29) is 5.75 Å². The van der Waals surface area contributed by atoms with Crippen LogP contribution in [0.5, 0.6) is 0 Å². The molecular weight excluding hydrogens is 220 g/mol. The second kappa shape index (κ2) is 5.95. The summed E-state index contributed by atoms with van der Waals surface area (Å²) in [6, 6.07) is 0. The van der Waals surface area contributed by atoms with Crippen molar-refractivity contribution in [3.05, 3.63) is 0 Å². The standard InChI is InChI=1S/C8H18N2O2S2/c9-14(11,12)6-3-10-7-8-1-4-13-5-2-8/h8,10H,1-7H2,(H2,9,11,12). The summed E-state index contributed by atoms with van der Waals surface area (Å²) in [5.41, 5.74) is 0. The van der Waals surface area contributed by atoms with Gasteiger partial charge in [-0.1, -0.05) is 0 Å². The van der Waals surface area contributed by atoms with Gasteiger partial charge >= 0.3 is 0 Å². The summed E-state index contributed by atoms with van der Waals surface area (Å²) in [6.07, 6.45) is 2.49. The third-order valence-electron chi connectivity index (χ3n) is 2.34. The van der Waals surface area contributed by atoms with Crippen LogP contribution in [0.25, 0.3) is 0 Å². The van der Waals surface area contributed by atoms with Crippen LogP contribution in [0.3, 0.4) is 0 Å². The van der Waals surface area contributed by atoms with Crippen LogP contribution in [0.2, 0.25) is 0 Å². The fraction of sp³-hybridized carbons (Fsp3) is 1.00. The van der Waals surface area contributed by atoms with Crippen molar-refractivity contribution in [2.75, 3.05) is 30.3 Å². The molecule has 0 radical (unpaired) electrons. The number of nitrogens with one attached hydrogen (secondary N) is 1. The first-order valence-electron chi connectivity index (χ1n) is 4.87. The molecule has 1 heterocycles. The summed E-state index contributed by atoms with van der Waals surface area (Å²) >= 11 is 2.00. The van der Waals surface area contributed by atoms with Gasteiger partial charge in [-0.05, 0) is 36.8 Å². The van der Waals surface area contributed by atoms with Gasteiger partial charge in [-0.2, -0.15) is 11.8 Å². The Balaban J connectivity index is 2.03. The second-order valence-electron chi connectivity index (χ2n) is 3.63. The molecule has 0 atom stereocenters. The molecular formula is C8H18N2O2S2. The predicted octanol–water partition coefficient (Wildman–Crippen LogP) is 0.00770. The summed E-state index contributed by atoms with van der Waals surface area (Å²) in [4.78, 5) is 0. The highest BCUT2D eigenvalue weighted by molar-refractivity contribution is 7.99. The van der Waals surface area contributed by atoms with E-state index in [1.165, 1.54) is 24.3 Å². The van der Waals surface area contributed by atoms with E-state index < -0.39 is 10.0 Å². The highest BCUT2D eigenvalue weighted by Crippen LogP contribution is 2.21. The summed E-state index contributed by atoms with van der Waals surface area (Å²) < 4.78 is 21.2. The van der Waals surface area contributed by atoms with Crippen molar-refractivity contribution in [3.63, 3.8) is 0 Å². The number of hydrogen-bond acceptors (Lipinski definition) is 4. The maximum Gasteiger partial charge on any atom is 0.210 e. The molecule has 1 rings (SSSR count). The van der Waals surface area contributed by atoms with Crippen LogP contribution in [0.1, 0.15) is 12.8 Å². The molecule has 0 saturated carbocycles. The zero-order valence-electron chi connectivity index (χ0n) is 8.24. The van der Waals surface area contributed by atoms with E-state index in [1.54, 1.807) is 0 Å². The van der Waals surface area contributed by atoms with Gasteiger partial charge in [0.05, 0.1) is 5.75 Å². The average molecular weight is 238 g/mol. The van der Waals surface area contributed by atoms with Gasteiger partial charge in [0, 0.05) is 6.54 Å². The molecule has 0 amide bonds. The van der Waals surface area contributed by atoms with Crippen molar-refractivity contribution in [2.45, 2.75) is 12.8 Å². The molecule has 0 spiro atoms. The Hall–Kier alpha value is 0.220. The lowest BCUT2D eigenvalue weighted by Crippen LogP contribution is -2.31. The molecule has 1 aliphatic rings. The molecule has 0 aromatic carbocycles. The smallest absolute Gasteiger partial charge is 0.210 e. The molecule has 0 unspecified atom stereocenters. The van der Waals surface area contributed by atoms with Crippen molar-refractivity contribution in [1.29, 1.82) is 0 Å². The summed E-state index contributed by atoms with van der Waals surface area (Å²) in [5.74, 6) is 3.23. The summed E-state index contributed by atoms with van der Waals surface area (Å²) in [7, 11) is -3.29. The molecule has 0 bridgehead atoms. The second-order valence-corrected chi connectivity index (χ2v) is 6.59. The van der Waals surface area contributed by atoms with Crippen molar-refractivity contribution in [1.82, 2.24) is 5.32 Å². The third-order valence-corrected chi connectivity index (χ3v) is 4.16. The SMILES string of the molecule is NS(=O)(=O)CCNCC1CCSCC1. The fourth-order valence-corrected chi connectivity index (χ4v) is 3.10. The Morgan fingerprint density at radius 3 is 2.57 bits per heavy atom. The number of rotatable bonds is 5. The number of sulfonamides is 1. The first kappa shape index (κ1) is 12.3. The molecule has 0 aromatic rings. The summed E-state index contributed by atoms with van der Waals surface area (Å²) in [5, 5.41) is 8.03. The molecule has 1 saturated heterocycles. The zero-order chi connectivity index (χ0) is 10.4. The molecule has 6 heteroatoms. The molecule has 4 nitrogen and oxygen atoms in total. The van der Waals surface area contributed by atoms with E-state index in [2.05, 4.69) is 5.32 Å². The average Bonchev–Trinajstić information content (AvgIpc) is 2.13. The van der Waals surface area contributed by atoms with Gasteiger partial charge in [0.25, 0.3) is 0 Å². The van der Waals surface area contributed by atoms with Gasteiger partial charge in [-0.3, -0.25) is 0 Å². The van der Waals surface area contributed by atoms with E-state index >= 15 is 0 Å². The number of hydrogen-bond donors (Lipinski definition) is 2. The van der Waals surface area contributed by atoms with Crippen LogP contribution < -0.4 is 10.5 Å². The van der Waals surface area contributed by atoms with Crippen molar-refractivity contribution in [2.24, 2.45) is 11.1 Å². The van der Waals surface area contributed by atoms with Gasteiger partial charge in [0.15, 0.2) is 0 Å². The number of primary sulfonamides is 1. The highest BCUT2D eigenvalue weighted by Gasteiger charge is 2.13. The molecule has 14 heavy (non-hydrogen) atoms.